The quantitative estimate of drug-likeness (QED) is 0.688. The van der Waals surface area contributed by atoms with Crippen LogP contribution in [0.5, 0.6) is 0 Å². The lowest BCUT2D eigenvalue weighted by Crippen LogP contribution is -2.30. The fraction of sp³-hybridized carbons (Fsp3) is 0.350. The van der Waals surface area contributed by atoms with Crippen molar-refractivity contribution < 1.29 is 17.9 Å². The highest BCUT2D eigenvalue weighted by molar-refractivity contribution is 7.89. The van der Waals surface area contributed by atoms with Gasteiger partial charge in [0.2, 0.25) is 10.0 Å². The number of hydrogen-bond acceptors (Lipinski definition) is 4. The van der Waals surface area contributed by atoms with Crippen LogP contribution < -0.4 is 0 Å². The van der Waals surface area contributed by atoms with Gasteiger partial charge in [0.05, 0.1) is 10.5 Å². The standard InChI is InChI=1S/C20H25NO4S/c1-5-21(6-2)26(23,24)19-13-11-18(12-14-19)20(22)25-16(4)17-9-7-15(3)8-10-17/h7-14,16H,5-6H2,1-4H3/t16-/m1/s1. The SMILES string of the molecule is CCN(CC)S(=O)(=O)c1ccc(C(=O)O[C@H](C)c2ccc(C)cc2)cc1. The van der Waals surface area contributed by atoms with Gasteiger partial charge in [0.15, 0.2) is 0 Å². The van der Waals surface area contributed by atoms with E-state index in [0.717, 1.165) is 11.1 Å². The van der Waals surface area contributed by atoms with Crippen molar-refractivity contribution >= 4 is 16.0 Å². The lowest BCUT2D eigenvalue weighted by atomic mass is 10.1. The van der Waals surface area contributed by atoms with Crippen molar-refractivity contribution in [3.63, 3.8) is 0 Å². The van der Waals surface area contributed by atoms with Crippen molar-refractivity contribution in [2.75, 3.05) is 13.1 Å². The number of ether oxygens (including phenoxy) is 1. The zero-order chi connectivity index (χ0) is 19.3. The minimum absolute atomic E-state index is 0.171. The van der Waals surface area contributed by atoms with Crippen LogP contribution in [-0.2, 0) is 14.8 Å². The second-order valence-electron chi connectivity index (χ2n) is 6.07. The van der Waals surface area contributed by atoms with E-state index >= 15 is 0 Å². The Morgan fingerprint density at radius 3 is 2.04 bits per heavy atom. The van der Waals surface area contributed by atoms with Crippen LogP contribution in [0, 0.1) is 6.92 Å². The van der Waals surface area contributed by atoms with E-state index < -0.39 is 16.0 Å². The Morgan fingerprint density at radius 1 is 1.00 bits per heavy atom. The number of carbonyl (C=O) groups is 1. The molecule has 0 heterocycles. The van der Waals surface area contributed by atoms with Crippen LogP contribution in [0.1, 0.15) is 48.4 Å². The summed E-state index contributed by atoms with van der Waals surface area (Å²) in [6.07, 6.45) is -0.387. The molecule has 1 atom stereocenters. The molecule has 0 aliphatic rings. The molecule has 0 fully saturated rings. The van der Waals surface area contributed by atoms with Gasteiger partial charge in [0.25, 0.3) is 0 Å². The van der Waals surface area contributed by atoms with Gasteiger partial charge in [0, 0.05) is 13.1 Å². The highest BCUT2D eigenvalue weighted by atomic mass is 32.2. The predicted octanol–water partition coefficient (Wildman–Crippen LogP) is 3.94. The fourth-order valence-corrected chi connectivity index (χ4v) is 4.07. The van der Waals surface area contributed by atoms with E-state index in [2.05, 4.69) is 0 Å². The molecule has 0 aromatic heterocycles. The lowest BCUT2D eigenvalue weighted by Gasteiger charge is -2.18. The number of benzene rings is 2. The van der Waals surface area contributed by atoms with Gasteiger partial charge in [-0.05, 0) is 43.7 Å². The van der Waals surface area contributed by atoms with Crippen molar-refractivity contribution in [1.29, 1.82) is 0 Å². The maximum atomic E-state index is 12.5. The summed E-state index contributed by atoms with van der Waals surface area (Å²) in [5.74, 6) is -0.482. The molecule has 0 saturated carbocycles. The molecule has 5 nitrogen and oxygen atoms in total. The van der Waals surface area contributed by atoms with Gasteiger partial charge in [-0.25, -0.2) is 13.2 Å². The van der Waals surface area contributed by atoms with Crippen LogP contribution in [0.2, 0.25) is 0 Å². The van der Waals surface area contributed by atoms with Gasteiger partial charge in [-0.1, -0.05) is 43.7 Å². The largest absolute Gasteiger partial charge is 0.454 e. The normalized spacial score (nSPS) is 12.8. The van der Waals surface area contributed by atoms with Crippen molar-refractivity contribution in [2.45, 2.75) is 38.7 Å². The molecule has 6 heteroatoms. The number of esters is 1. The molecule has 2 aromatic carbocycles. The summed E-state index contributed by atoms with van der Waals surface area (Å²) < 4.78 is 31.8. The molecule has 2 aromatic rings. The Kier molecular flexibility index (Phi) is 6.56. The number of hydrogen-bond donors (Lipinski definition) is 0. The fourth-order valence-electron chi connectivity index (χ4n) is 2.61. The van der Waals surface area contributed by atoms with Crippen LogP contribution >= 0.6 is 0 Å². The highest BCUT2D eigenvalue weighted by Gasteiger charge is 2.22. The topological polar surface area (TPSA) is 63.7 Å². The van der Waals surface area contributed by atoms with Crippen LogP contribution in [0.15, 0.2) is 53.4 Å². The summed E-state index contributed by atoms with van der Waals surface area (Å²) in [6, 6.07) is 13.6. The molecule has 0 N–H and O–H groups in total. The van der Waals surface area contributed by atoms with Crippen LogP contribution in [0.25, 0.3) is 0 Å². The molecular formula is C20H25NO4S. The van der Waals surface area contributed by atoms with E-state index in [1.54, 1.807) is 13.8 Å². The average Bonchev–Trinajstić information content (AvgIpc) is 2.63. The first-order valence-corrected chi connectivity index (χ1v) is 10.1. The third-order valence-corrected chi connectivity index (χ3v) is 6.33. The highest BCUT2D eigenvalue weighted by Crippen LogP contribution is 2.21. The van der Waals surface area contributed by atoms with Crippen LogP contribution in [0.3, 0.4) is 0 Å². The molecule has 0 bridgehead atoms. The third kappa shape index (κ3) is 4.51. The summed E-state index contributed by atoms with van der Waals surface area (Å²) in [7, 11) is -3.53. The average molecular weight is 375 g/mol. The van der Waals surface area contributed by atoms with E-state index in [-0.39, 0.29) is 11.0 Å². The van der Waals surface area contributed by atoms with Crippen molar-refractivity contribution in [1.82, 2.24) is 4.31 Å². The van der Waals surface area contributed by atoms with Crippen molar-refractivity contribution in [3.8, 4) is 0 Å². The zero-order valence-electron chi connectivity index (χ0n) is 15.6. The van der Waals surface area contributed by atoms with Crippen LogP contribution in [0.4, 0.5) is 0 Å². The summed E-state index contributed by atoms with van der Waals surface area (Å²) in [4.78, 5) is 12.5. The maximum Gasteiger partial charge on any atom is 0.338 e. The number of rotatable bonds is 7. The Labute approximate surface area is 155 Å². The summed E-state index contributed by atoms with van der Waals surface area (Å²) in [5.41, 5.74) is 2.37. The molecule has 0 radical (unpaired) electrons. The molecule has 2 rings (SSSR count). The molecule has 140 valence electrons. The first-order chi connectivity index (χ1) is 12.3. The van der Waals surface area contributed by atoms with Gasteiger partial charge in [-0.2, -0.15) is 4.31 Å². The molecule has 0 saturated heterocycles. The monoisotopic (exact) mass is 375 g/mol. The number of nitrogens with zero attached hydrogens (tertiary/aromatic N) is 1. The molecular weight excluding hydrogens is 350 g/mol. The summed E-state index contributed by atoms with van der Waals surface area (Å²) >= 11 is 0. The molecule has 0 aliphatic heterocycles. The van der Waals surface area contributed by atoms with E-state index in [1.807, 2.05) is 38.1 Å². The van der Waals surface area contributed by atoms with E-state index in [0.29, 0.717) is 18.7 Å². The molecule has 0 spiro atoms. The van der Waals surface area contributed by atoms with E-state index in [4.69, 9.17) is 4.74 Å². The second kappa shape index (κ2) is 8.47. The predicted molar refractivity (Wildman–Crippen MR) is 102 cm³/mol. The minimum atomic E-state index is -3.53. The Hall–Kier alpha value is -2.18. The van der Waals surface area contributed by atoms with Gasteiger partial charge >= 0.3 is 5.97 Å². The number of carbonyl (C=O) groups excluding carboxylic acids is 1. The lowest BCUT2D eigenvalue weighted by molar-refractivity contribution is 0.0337. The van der Waals surface area contributed by atoms with Crippen LogP contribution in [-0.4, -0.2) is 31.8 Å². The molecule has 0 aliphatic carbocycles. The van der Waals surface area contributed by atoms with E-state index in [1.165, 1.54) is 28.6 Å². The van der Waals surface area contributed by atoms with Crippen molar-refractivity contribution in [3.05, 3.63) is 65.2 Å². The summed E-state index contributed by atoms with van der Waals surface area (Å²) in [6.45, 7) is 8.18. The molecule has 0 amide bonds. The van der Waals surface area contributed by atoms with Gasteiger partial charge < -0.3 is 4.74 Å². The number of aryl methyl sites for hydroxylation is 1. The number of sulfonamides is 1. The van der Waals surface area contributed by atoms with Gasteiger partial charge in [-0.15, -0.1) is 0 Å². The van der Waals surface area contributed by atoms with Gasteiger partial charge in [-0.3, -0.25) is 0 Å². The minimum Gasteiger partial charge on any atom is -0.454 e. The van der Waals surface area contributed by atoms with Gasteiger partial charge in [0.1, 0.15) is 6.10 Å². The second-order valence-corrected chi connectivity index (χ2v) is 8.01. The third-order valence-electron chi connectivity index (χ3n) is 4.26. The zero-order valence-corrected chi connectivity index (χ0v) is 16.4. The van der Waals surface area contributed by atoms with Crippen molar-refractivity contribution in [2.24, 2.45) is 0 Å². The first-order valence-electron chi connectivity index (χ1n) is 8.67. The smallest absolute Gasteiger partial charge is 0.338 e. The Bertz CT molecular complexity index is 838. The maximum absolute atomic E-state index is 12.5. The Balaban J connectivity index is 2.12. The summed E-state index contributed by atoms with van der Waals surface area (Å²) in [5, 5.41) is 0. The molecule has 26 heavy (non-hydrogen) atoms. The molecule has 0 unspecified atom stereocenters. The van der Waals surface area contributed by atoms with E-state index in [9.17, 15) is 13.2 Å². The first kappa shape index (κ1) is 20.1. The Morgan fingerprint density at radius 2 is 1.54 bits per heavy atom.